The van der Waals surface area contributed by atoms with E-state index in [0.29, 0.717) is 17.3 Å². The van der Waals surface area contributed by atoms with E-state index < -0.39 is 10.8 Å². The largest absolute Gasteiger partial charge is 0.493 e. The summed E-state index contributed by atoms with van der Waals surface area (Å²) in [6.07, 6.45) is 0.939. The molecule has 0 spiro atoms. The summed E-state index contributed by atoms with van der Waals surface area (Å²) in [5.41, 5.74) is 1.06. The van der Waals surface area contributed by atoms with Crippen LogP contribution in [0.2, 0.25) is 0 Å². The fraction of sp³-hybridized carbons (Fsp3) is 0.571. The lowest BCUT2D eigenvalue weighted by atomic mass is 10.1. The van der Waals surface area contributed by atoms with Crippen molar-refractivity contribution in [2.45, 2.75) is 19.4 Å². The Kier molecular flexibility index (Phi) is 6.87. The third-order valence-corrected chi connectivity index (χ3v) is 4.51. The van der Waals surface area contributed by atoms with E-state index in [9.17, 15) is 4.21 Å². The van der Waals surface area contributed by atoms with Gasteiger partial charge in [0.25, 0.3) is 0 Å². The highest BCUT2D eigenvalue weighted by atomic mass is 32.2. The molecule has 0 aromatic heterocycles. The van der Waals surface area contributed by atoms with Gasteiger partial charge in [-0.2, -0.15) is 0 Å². The average Bonchev–Trinajstić information content (AvgIpc) is 2.44. The van der Waals surface area contributed by atoms with E-state index in [1.165, 1.54) is 0 Å². The van der Waals surface area contributed by atoms with Crippen LogP contribution in [0.1, 0.15) is 24.9 Å². The number of methoxy groups -OCH3 is 2. The van der Waals surface area contributed by atoms with Gasteiger partial charge in [-0.05, 0) is 31.2 Å². The van der Waals surface area contributed by atoms with Crippen LogP contribution in [-0.4, -0.2) is 37.0 Å². The van der Waals surface area contributed by atoms with Gasteiger partial charge in [0.15, 0.2) is 11.5 Å². The molecule has 1 N–H and O–H groups in total. The Balaban J connectivity index is 2.89. The highest BCUT2D eigenvalue weighted by Crippen LogP contribution is 2.30. The molecule has 0 aliphatic heterocycles. The summed E-state index contributed by atoms with van der Waals surface area (Å²) in [6.45, 7) is 2.04. The minimum absolute atomic E-state index is 0.0622. The summed E-state index contributed by atoms with van der Waals surface area (Å²) in [5, 5.41) is 3.21. The van der Waals surface area contributed by atoms with Gasteiger partial charge < -0.3 is 14.8 Å². The van der Waals surface area contributed by atoms with E-state index in [4.69, 9.17) is 9.47 Å². The van der Waals surface area contributed by atoms with Gasteiger partial charge in [-0.15, -0.1) is 0 Å². The molecule has 1 aromatic carbocycles. The molecule has 0 fully saturated rings. The molecule has 0 aliphatic rings. The maximum atomic E-state index is 11.9. The number of nitrogens with one attached hydrogen (secondary N) is 1. The first kappa shape index (κ1) is 16.0. The van der Waals surface area contributed by atoms with Gasteiger partial charge >= 0.3 is 0 Å². The second-order valence-corrected chi connectivity index (χ2v) is 5.89. The minimum atomic E-state index is -0.801. The van der Waals surface area contributed by atoms with Crippen molar-refractivity contribution in [3.05, 3.63) is 23.8 Å². The van der Waals surface area contributed by atoms with Crippen molar-refractivity contribution in [2.24, 2.45) is 0 Å². The fourth-order valence-electron chi connectivity index (χ4n) is 1.91. The Bertz CT molecular complexity index is 423. The minimum Gasteiger partial charge on any atom is -0.493 e. The van der Waals surface area contributed by atoms with Crippen LogP contribution in [0.25, 0.3) is 0 Å². The van der Waals surface area contributed by atoms with Crippen LogP contribution in [0.3, 0.4) is 0 Å². The van der Waals surface area contributed by atoms with Crippen LogP contribution in [0, 0.1) is 0 Å². The van der Waals surface area contributed by atoms with Gasteiger partial charge in [-0.3, -0.25) is 4.21 Å². The van der Waals surface area contributed by atoms with Gasteiger partial charge in [0.05, 0.1) is 14.2 Å². The van der Waals surface area contributed by atoms with Crippen molar-refractivity contribution in [2.75, 3.05) is 32.8 Å². The number of benzene rings is 1. The Labute approximate surface area is 118 Å². The molecular formula is C14H23NO3S. The second kappa shape index (κ2) is 8.17. The van der Waals surface area contributed by atoms with Gasteiger partial charge in [0.2, 0.25) is 0 Å². The van der Waals surface area contributed by atoms with E-state index in [1.807, 2.05) is 32.2 Å². The van der Waals surface area contributed by atoms with Crippen LogP contribution in [0.4, 0.5) is 0 Å². The van der Waals surface area contributed by atoms with Crippen molar-refractivity contribution >= 4 is 10.8 Å². The Hall–Kier alpha value is -1.07. The molecule has 0 radical (unpaired) electrons. The normalized spacial score (nSPS) is 13.9. The molecule has 4 nitrogen and oxygen atoms in total. The highest BCUT2D eigenvalue weighted by Gasteiger charge is 2.15. The van der Waals surface area contributed by atoms with Crippen LogP contribution in [-0.2, 0) is 10.8 Å². The molecule has 2 atom stereocenters. The van der Waals surface area contributed by atoms with Crippen molar-refractivity contribution in [1.29, 1.82) is 0 Å². The Morgan fingerprint density at radius 1 is 1.26 bits per heavy atom. The maximum absolute atomic E-state index is 11.9. The molecule has 0 saturated heterocycles. The Morgan fingerprint density at radius 2 is 1.95 bits per heavy atom. The van der Waals surface area contributed by atoms with E-state index in [2.05, 4.69) is 5.32 Å². The molecule has 1 aromatic rings. The smallest absolute Gasteiger partial charge is 0.161 e. The summed E-state index contributed by atoms with van der Waals surface area (Å²) in [7, 11) is 4.31. The SMILES string of the molecule is CCCS(=O)CC(NC)c1ccc(OC)c(OC)c1. The monoisotopic (exact) mass is 285 g/mol. The van der Waals surface area contributed by atoms with E-state index in [0.717, 1.165) is 17.7 Å². The standard InChI is InChI=1S/C14H23NO3S/c1-5-8-19(16)10-12(15-2)11-6-7-13(17-3)14(9-11)18-4/h6-7,9,12,15H,5,8,10H2,1-4H3. The number of rotatable bonds is 8. The van der Waals surface area contributed by atoms with Crippen molar-refractivity contribution < 1.29 is 13.7 Å². The third kappa shape index (κ3) is 4.51. The number of ether oxygens (including phenoxy) is 2. The van der Waals surface area contributed by atoms with Gasteiger partial charge in [0.1, 0.15) is 0 Å². The van der Waals surface area contributed by atoms with Gasteiger partial charge in [-0.25, -0.2) is 0 Å². The zero-order valence-corrected chi connectivity index (χ0v) is 12.9. The van der Waals surface area contributed by atoms with Crippen LogP contribution in [0.5, 0.6) is 11.5 Å². The molecule has 0 aliphatic carbocycles. The average molecular weight is 285 g/mol. The first-order valence-corrected chi connectivity index (χ1v) is 7.89. The molecule has 5 heteroatoms. The third-order valence-electron chi connectivity index (χ3n) is 2.94. The van der Waals surface area contributed by atoms with Gasteiger partial charge in [0, 0.05) is 28.3 Å². The lowest BCUT2D eigenvalue weighted by molar-refractivity contribution is 0.354. The second-order valence-electron chi connectivity index (χ2n) is 4.27. The number of hydrogen-bond donors (Lipinski definition) is 1. The molecule has 108 valence electrons. The first-order valence-electron chi connectivity index (χ1n) is 6.40. The van der Waals surface area contributed by atoms with Gasteiger partial charge in [-0.1, -0.05) is 13.0 Å². The van der Waals surface area contributed by atoms with E-state index in [-0.39, 0.29) is 6.04 Å². The molecule has 0 saturated carbocycles. The summed E-state index contributed by atoms with van der Waals surface area (Å²) in [4.78, 5) is 0. The van der Waals surface area contributed by atoms with E-state index in [1.54, 1.807) is 14.2 Å². The van der Waals surface area contributed by atoms with Crippen LogP contribution in [0.15, 0.2) is 18.2 Å². The Morgan fingerprint density at radius 3 is 2.47 bits per heavy atom. The molecule has 0 amide bonds. The zero-order chi connectivity index (χ0) is 14.3. The zero-order valence-electron chi connectivity index (χ0n) is 12.1. The summed E-state index contributed by atoms with van der Waals surface area (Å²) in [6, 6.07) is 5.85. The molecule has 2 unspecified atom stereocenters. The van der Waals surface area contributed by atoms with Crippen molar-refractivity contribution in [3.8, 4) is 11.5 Å². The quantitative estimate of drug-likeness (QED) is 0.795. The topological polar surface area (TPSA) is 47.6 Å². The molecule has 19 heavy (non-hydrogen) atoms. The fourth-order valence-corrected chi connectivity index (χ4v) is 3.27. The lowest BCUT2D eigenvalue weighted by Crippen LogP contribution is -2.23. The predicted octanol–water partition coefficient (Wildman–Crippen LogP) is 2.12. The van der Waals surface area contributed by atoms with Crippen molar-refractivity contribution in [3.63, 3.8) is 0 Å². The van der Waals surface area contributed by atoms with Crippen molar-refractivity contribution in [1.82, 2.24) is 5.32 Å². The molecular weight excluding hydrogens is 262 g/mol. The maximum Gasteiger partial charge on any atom is 0.161 e. The van der Waals surface area contributed by atoms with Crippen LogP contribution >= 0.6 is 0 Å². The van der Waals surface area contributed by atoms with E-state index >= 15 is 0 Å². The first-order chi connectivity index (χ1) is 9.15. The molecule has 0 bridgehead atoms. The number of hydrogen-bond acceptors (Lipinski definition) is 4. The summed E-state index contributed by atoms with van der Waals surface area (Å²) >= 11 is 0. The molecule has 1 rings (SSSR count). The summed E-state index contributed by atoms with van der Waals surface area (Å²) < 4.78 is 22.4. The predicted molar refractivity (Wildman–Crippen MR) is 79.5 cm³/mol. The van der Waals surface area contributed by atoms with Crippen LogP contribution < -0.4 is 14.8 Å². The lowest BCUT2D eigenvalue weighted by Gasteiger charge is -2.18. The summed E-state index contributed by atoms with van der Waals surface area (Å²) in [5.74, 6) is 2.75. The molecule has 0 heterocycles. The highest BCUT2D eigenvalue weighted by molar-refractivity contribution is 7.85.